The van der Waals surface area contributed by atoms with Gasteiger partial charge in [-0.15, -0.1) is 0 Å². The molecule has 0 heterocycles. The van der Waals surface area contributed by atoms with Crippen molar-refractivity contribution in [1.82, 2.24) is 0 Å². The minimum absolute atomic E-state index is 0.484. The second-order valence-electron chi connectivity index (χ2n) is 4.08. The SMILES string of the molecule is Cc1ccc(C2=CC=CCC2CN)cc1. The molecule has 1 nitrogen and oxygen atoms in total. The Balaban J connectivity index is 2.32. The summed E-state index contributed by atoms with van der Waals surface area (Å²) in [6.07, 6.45) is 7.57. The minimum Gasteiger partial charge on any atom is -0.330 e. The van der Waals surface area contributed by atoms with Crippen LogP contribution < -0.4 is 5.73 Å². The number of rotatable bonds is 2. The highest BCUT2D eigenvalue weighted by Gasteiger charge is 2.14. The summed E-state index contributed by atoms with van der Waals surface area (Å²) in [4.78, 5) is 0. The van der Waals surface area contributed by atoms with E-state index in [0.717, 1.165) is 13.0 Å². The molecule has 1 aromatic rings. The van der Waals surface area contributed by atoms with E-state index in [-0.39, 0.29) is 0 Å². The summed E-state index contributed by atoms with van der Waals surface area (Å²) in [5.74, 6) is 0.484. The van der Waals surface area contributed by atoms with E-state index < -0.39 is 0 Å². The highest BCUT2D eigenvalue weighted by molar-refractivity contribution is 5.70. The molecular formula is C14H17N. The predicted octanol–water partition coefficient (Wildman–Crippen LogP) is 2.91. The largest absolute Gasteiger partial charge is 0.330 e. The lowest BCUT2D eigenvalue weighted by Gasteiger charge is -2.20. The highest BCUT2D eigenvalue weighted by Crippen LogP contribution is 2.28. The number of benzene rings is 1. The third kappa shape index (κ3) is 2.18. The van der Waals surface area contributed by atoms with Crippen LogP contribution in [0.4, 0.5) is 0 Å². The summed E-state index contributed by atoms with van der Waals surface area (Å²) in [5, 5.41) is 0. The Morgan fingerprint density at radius 3 is 2.67 bits per heavy atom. The zero-order valence-corrected chi connectivity index (χ0v) is 9.11. The average molecular weight is 199 g/mol. The summed E-state index contributed by atoms with van der Waals surface area (Å²) in [6.45, 7) is 2.84. The van der Waals surface area contributed by atoms with Crippen molar-refractivity contribution in [3.8, 4) is 0 Å². The lowest BCUT2D eigenvalue weighted by atomic mass is 9.86. The summed E-state index contributed by atoms with van der Waals surface area (Å²) in [7, 11) is 0. The van der Waals surface area contributed by atoms with Gasteiger partial charge in [0.05, 0.1) is 0 Å². The second kappa shape index (κ2) is 4.45. The molecule has 1 heteroatoms. The molecule has 1 aliphatic carbocycles. The molecule has 1 unspecified atom stereocenters. The van der Waals surface area contributed by atoms with E-state index in [1.165, 1.54) is 16.7 Å². The van der Waals surface area contributed by atoms with Crippen LogP contribution in [0.2, 0.25) is 0 Å². The Kier molecular flexibility index (Phi) is 3.02. The number of allylic oxidation sites excluding steroid dienone is 3. The molecule has 0 fully saturated rings. The zero-order valence-electron chi connectivity index (χ0n) is 9.11. The lowest BCUT2D eigenvalue weighted by molar-refractivity contribution is 0.688. The van der Waals surface area contributed by atoms with Crippen molar-refractivity contribution in [3.63, 3.8) is 0 Å². The first-order valence-corrected chi connectivity index (χ1v) is 5.45. The normalized spacial score (nSPS) is 20.1. The Bertz CT molecular complexity index is 384. The number of hydrogen-bond donors (Lipinski definition) is 1. The van der Waals surface area contributed by atoms with Gasteiger partial charge in [0.2, 0.25) is 0 Å². The van der Waals surface area contributed by atoms with Crippen LogP contribution >= 0.6 is 0 Å². The number of aryl methyl sites for hydroxylation is 1. The fourth-order valence-electron chi connectivity index (χ4n) is 1.98. The van der Waals surface area contributed by atoms with E-state index in [2.05, 4.69) is 49.4 Å². The van der Waals surface area contributed by atoms with E-state index in [9.17, 15) is 0 Å². The van der Waals surface area contributed by atoms with Crippen molar-refractivity contribution in [2.45, 2.75) is 13.3 Å². The van der Waals surface area contributed by atoms with Crippen molar-refractivity contribution >= 4 is 5.57 Å². The zero-order chi connectivity index (χ0) is 10.7. The molecule has 78 valence electrons. The van der Waals surface area contributed by atoms with E-state index >= 15 is 0 Å². The summed E-state index contributed by atoms with van der Waals surface area (Å²) in [5.41, 5.74) is 9.77. The van der Waals surface area contributed by atoms with E-state index in [1.54, 1.807) is 0 Å². The van der Waals surface area contributed by atoms with Gasteiger partial charge in [-0.3, -0.25) is 0 Å². The maximum atomic E-state index is 5.79. The molecule has 0 bridgehead atoms. The summed E-state index contributed by atoms with van der Waals surface area (Å²) >= 11 is 0. The molecule has 2 rings (SSSR count). The van der Waals surface area contributed by atoms with Gasteiger partial charge in [0, 0.05) is 5.92 Å². The second-order valence-corrected chi connectivity index (χ2v) is 4.08. The van der Waals surface area contributed by atoms with Gasteiger partial charge in [-0.25, -0.2) is 0 Å². The maximum absolute atomic E-state index is 5.79. The Hall–Kier alpha value is -1.34. The number of nitrogens with two attached hydrogens (primary N) is 1. The molecule has 0 aromatic heterocycles. The van der Waals surface area contributed by atoms with Crippen molar-refractivity contribution in [2.75, 3.05) is 6.54 Å². The fraction of sp³-hybridized carbons (Fsp3) is 0.286. The lowest BCUT2D eigenvalue weighted by Crippen LogP contribution is -2.16. The third-order valence-corrected chi connectivity index (χ3v) is 2.94. The van der Waals surface area contributed by atoms with Crippen LogP contribution in [0.15, 0.2) is 42.5 Å². The van der Waals surface area contributed by atoms with Crippen molar-refractivity contribution < 1.29 is 0 Å². The van der Waals surface area contributed by atoms with Crippen LogP contribution in [0.3, 0.4) is 0 Å². The van der Waals surface area contributed by atoms with E-state index in [0.29, 0.717) is 5.92 Å². The van der Waals surface area contributed by atoms with E-state index in [1.807, 2.05) is 0 Å². The highest BCUT2D eigenvalue weighted by atomic mass is 14.5. The summed E-state index contributed by atoms with van der Waals surface area (Å²) in [6, 6.07) is 8.68. The molecular weight excluding hydrogens is 182 g/mol. The molecule has 1 atom stereocenters. The third-order valence-electron chi connectivity index (χ3n) is 2.94. The predicted molar refractivity (Wildman–Crippen MR) is 65.5 cm³/mol. The minimum atomic E-state index is 0.484. The van der Waals surface area contributed by atoms with Gasteiger partial charge >= 0.3 is 0 Å². The van der Waals surface area contributed by atoms with Crippen molar-refractivity contribution in [3.05, 3.63) is 53.6 Å². The molecule has 1 aromatic carbocycles. The molecule has 1 aliphatic rings. The standard InChI is InChI=1S/C14H17N/c1-11-6-8-12(9-7-11)14-5-3-2-4-13(14)10-15/h2-3,5-9,13H,4,10,15H2,1H3. The molecule has 0 saturated heterocycles. The Morgan fingerprint density at radius 2 is 2.00 bits per heavy atom. The molecule has 2 N–H and O–H groups in total. The fourth-order valence-corrected chi connectivity index (χ4v) is 1.98. The van der Waals surface area contributed by atoms with Crippen molar-refractivity contribution in [1.29, 1.82) is 0 Å². The van der Waals surface area contributed by atoms with Gasteiger partial charge in [-0.05, 0) is 31.0 Å². The molecule has 0 amide bonds. The Morgan fingerprint density at radius 1 is 1.27 bits per heavy atom. The van der Waals surface area contributed by atoms with Crippen LogP contribution in [0.25, 0.3) is 5.57 Å². The first-order valence-electron chi connectivity index (χ1n) is 5.45. The molecule has 0 aliphatic heterocycles. The average Bonchev–Trinajstić information content (AvgIpc) is 2.30. The molecule has 0 spiro atoms. The monoisotopic (exact) mass is 199 g/mol. The first-order chi connectivity index (χ1) is 7.31. The quantitative estimate of drug-likeness (QED) is 0.778. The van der Waals surface area contributed by atoms with Gasteiger partial charge in [0.15, 0.2) is 0 Å². The molecule has 15 heavy (non-hydrogen) atoms. The van der Waals surface area contributed by atoms with Gasteiger partial charge in [0.25, 0.3) is 0 Å². The molecule has 0 saturated carbocycles. The van der Waals surface area contributed by atoms with Crippen LogP contribution in [-0.2, 0) is 0 Å². The molecule has 0 radical (unpaired) electrons. The van der Waals surface area contributed by atoms with Gasteiger partial charge < -0.3 is 5.73 Å². The van der Waals surface area contributed by atoms with Crippen LogP contribution in [0, 0.1) is 12.8 Å². The van der Waals surface area contributed by atoms with Crippen LogP contribution in [-0.4, -0.2) is 6.54 Å². The van der Waals surface area contributed by atoms with Gasteiger partial charge in [0.1, 0.15) is 0 Å². The van der Waals surface area contributed by atoms with Gasteiger partial charge in [-0.2, -0.15) is 0 Å². The topological polar surface area (TPSA) is 26.0 Å². The smallest absolute Gasteiger partial charge is 0.000171 e. The van der Waals surface area contributed by atoms with E-state index in [4.69, 9.17) is 5.73 Å². The van der Waals surface area contributed by atoms with Gasteiger partial charge in [-0.1, -0.05) is 48.1 Å². The maximum Gasteiger partial charge on any atom is 0.000171 e. The summed E-state index contributed by atoms with van der Waals surface area (Å²) < 4.78 is 0. The first kappa shape index (κ1) is 10.2. The van der Waals surface area contributed by atoms with Crippen molar-refractivity contribution in [2.24, 2.45) is 11.7 Å². The number of hydrogen-bond acceptors (Lipinski definition) is 1. The Labute approximate surface area is 91.3 Å². The van der Waals surface area contributed by atoms with Crippen LogP contribution in [0.5, 0.6) is 0 Å². The van der Waals surface area contributed by atoms with Crippen LogP contribution in [0.1, 0.15) is 17.5 Å².